The molecule has 1 saturated heterocycles. The number of carbonyl (C=O) groups excluding carboxylic acids is 1. The summed E-state index contributed by atoms with van der Waals surface area (Å²) >= 11 is 0. The molecule has 2 rings (SSSR count). The summed E-state index contributed by atoms with van der Waals surface area (Å²) in [6.45, 7) is 2.91. The first-order valence-electron chi connectivity index (χ1n) is 7.81. The molecule has 1 aliphatic rings. The smallest absolute Gasteiger partial charge is 0.253 e. The number of sulfonamides is 1. The van der Waals surface area contributed by atoms with Crippen molar-refractivity contribution in [3.05, 3.63) is 29.8 Å². The van der Waals surface area contributed by atoms with E-state index < -0.39 is 10.0 Å². The standard InChI is InChI=1S/C16H25N3O3S.ClH/c1-12(17)13-7-9-19(10-8-13)23(21,22)15-6-4-5-14(11-15)16(20)18(2)3;/h4-6,11-13H,7-10,17H2,1-3H3;1H. The second-order valence-electron chi connectivity index (χ2n) is 6.33. The van der Waals surface area contributed by atoms with Gasteiger partial charge in [-0.3, -0.25) is 4.79 Å². The van der Waals surface area contributed by atoms with Crippen molar-refractivity contribution in [2.24, 2.45) is 11.7 Å². The molecule has 0 radical (unpaired) electrons. The third kappa shape index (κ3) is 4.47. The molecule has 1 aliphatic heterocycles. The molecule has 1 unspecified atom stereocenters. The Labute approximate surface area is 150 Å². The monoisotopic (exact) mass is 375 g/mol. The van der Waals surface area contributed by atoms with Crippen LogP contribution in [0.1, 0.15) is 30.1 Å². The molecule has 0 saturated carbocycles. The maximum absolute atomic E-state index is 12.8. The van der Waals surface area contributed by atoms with Gasteiger partial charge in [-0.2, -0.15) is 4.31 Å². The van der Waals surface area contributed by atoms with Crippen LogP contribution in [0.4, 0.5) is 0 Å². The van der Waals surface area contributed by atoms with E-state index in [4.69, 9.17) is 5.73 Å². The van der Waals surface area contributed by atoms with Gasteiger partial charge < -0.3 is 10.6 Å². The highest BCUT2D eigenvalue weighted by atomic mass is 35.5. The van der Waals surface area contributed by atoms with Crippen molar-refractivity contribution >= 4 is 28.3 Å². The molecule has 24 heavy (non-hydrogen) atoms. The van der Waals surface area contributed by atoms with E-state index in [1.165, 1.54) is 15.3 Å². The topological polar surface area (TPSA) is 83.7 Å². The first-order valence-corrected chi connectivity index (χ1v) is 9.25. The Hall–Kier alpha value is -1.15. The SMILES string of the molecule is CC(N)C1CCN(S(=O)(=O)c2cccc(C(=O)N(C)C)c2)CC1.Cl. The van der Waals surface area contributed by atoms with Gasteiger partial charge in [-0.15, -0.1) is 12.4 Å². The predicted octanol–water partition coefficient (Wildman–Crippen LogP) is 1.56. The zero-order chi connectivity index (χ0) is 17.2. The third-order valence-corrected chi connectivity index (χ3v) is 6.26. The number of carbonyl (C=O) groups is 1. The molecule has 8 heteroatoms. The fourth-order valence-corrected chi connectivity index (χ4v) is 4.35. The second-order valence-corrected chi connectivity index (χ2v) is 8.27. The molecular formula is C16H26ClN3O3S. The van der Waals surface area contributed by atoms with Gasteiger partial charge in [0.1, 0.15) is 0 Å². The van der Waals surface area contributed by atoms with Crippen molar-refractivity contribution < 1.29 is 13.2 Å². The molecule has 0 aliphatic carbocycles. The summed E-state index contributed by atoms with van der Waals surface area (Å²) < 4.78 is 27.0. The normalized spacial score (nSPS) is 17.8. The molecule has 1 heterocycles. The van der Waals surface area contributed by atoms with E-state index in [-0.39, 0.29) is 29.3 Å². The van der Waals surface area contributed by atoms with Crippen LogP contribution in [0.5, 0.6) is 0 Å². The quantitative estimate of drug-likeness (QED) is 0.865. The van der Waals surface area contributed by atoms with Crippen LogP contribution in [0.25, 0.3) is 0 Å². The van der Waals surface area contributed by atoms with Gasteiger partial charge in [0.25, 0.3) is 5.91 Å². The lowest BCUT2D eigenvalue weighted by atomic mass is 9.92. The first kappa shape index (κ1) is 20.9. The lowest BCUT2D eigenvalue weighted by Crippen LogP contribution is -2.42. The third-order valence-electron chi connectivity index (χ3n) is 4.37. The van der Waals surface area contributed by atoms with Crippen molar-refractivity contribution in [3.8, 4) is 0 Å². The van der Waals surface area contributed by atoms with Crippen LogP contribution >= 0.6 is 12.4 Å². The Morgan fingerprint density at radius 2 is 1.88 bits per heavy atom. The summed E-state index contributed by atoms with van der Waals surface area (Å²) in [4.78, 5) is 13.6. The Balaban J connectivity index is 0.00000288. The molecule has 1 aromatic carbocycles. The number of hydrogen-bond acceptors (Lipinski definition) is 4. The highest BCUT2D eigenvalue weighted by molar-refractivity contribution is 7.89. The molecular weight excluding hydrogens is 350 g/mol. The predicted molar refractivity (Wildman–Crippen MR) is 96.8 cm³/mol. The zero-order valence-corrected chi connectivity index (χ0v) is 15.9. The van der Waals surface area contributed by atoms with E-state index in [2.05, 4.69) is 0 Å². The molecule has 6 nitrogen and oxygen atoms in total. The van der Waals surface area contributed by atoms with Crippen LogP contribution in [-0.4, -0.2) is 56.8 Å². The van der Waals surface area contributed by atoms with Crippen LogP contribution in [0.2, 0.25) is 0 Å². The summed E-state index contributed by atoms with van der Waals surface area (Å²) in [5.41, 5.74) is 6.28. The minimum atomic E-state index is -3.57. The van der Waals surface area contributed by atoms with Crippen LogP contribution in [0.15, 0.2) is 29.2 Å². The Morgan fingerprint density at radius 1 is 1.29 bits per heavy atom. The molecule has 1 aromatic rings. The molecule has 1 fully saturated rings. The minimum Gasteiger partial charge on any atom is -0.345 e. The van der Waals surface area contributed by atoms with Crippen LogP contribution in [0.3, 0.4) is 0 Å². The Bertz CT molecular complexity index is 669. The average Bonchev–Trinajstić information content (AvgIpc) is 2.54. The highest BCUT2D eigenvalue weighted by Crippen LogP contribution is 2.25. The zero-order valence-electron chi connectivity index (χ0n) is 14.3. The molecule has 0 aromatic heterocycles. The maximum atomic E-state index is 12.8. The number of amides is 1. The fraction of sp³-hybridized carbons (Fsp3) is 0.562. The van der Waals surface area contributed by atoms with E-state index in [1.54, 1.807) is 32.3 Å². The van der Waals surface area contributed by atoms with E-state index in [1.807, 2.05) is 6.92 Å². The van der Waals surface area contributed by atoms with E-state index in [0.717, 1.165) is 12.8 Å². The van der Waals surface area contributed by atoms with Crippen molar-refractivity contribution in [1.29, 1.82) is 0 Å². The van der Waals surface area contributed by atoms with E-state index >= 15 is 0 Å². The van der Waals surface area contributed by atoms with Crippen molar-refractivity contribution in [3.63, 3.8) is 0 Å². The van der Waals surface area contributed by atoms with Gasteiger partial charge in [0.05, 0.1) is 4.90 Å². The van der Waals surface area contributed by atoms with Gasteiger partial charge in [-0.05, 0) is 43.9 Å². The Morgan fingerprint density at radius 3 is 2.38 bits per heavy atom. The average molecular weight is 376 g/mol. The molecule has 1 amide bonds. The van der Waals surface area contributed by atoms with Gasteiger partial charge >= 0.3 is 0 Å². The summed E-state index contributed by atoms with van der Waals surface area (Å²) in [6.07, 6.45) is 1.54. The van der Waals surface area contributed by atoms with E-state index in [0.29, 0.717) is 24.6 Å². The fourth-order valence-electron chi connectivity index (χ4n) is 2.84. The summed E-state index contributed by atoms with van der Waals surface area (Å²) in [6, 6.07) is 6.32. The van der Waals surface area contributed by atoms with Crippen molar-refractivity contribution in [2.75, 3.05) is 27.2 Å². The lowest BCUT2D eigenvalue weighted by molar-refractivity contribution is 0.0827. The number of rotatable bonds is 4. The molecule has 1 atom stereocenters. The van der Waals surface area contributed by atoms with Crippen LogP contribution in [0, 0.1) is 5.92 Å². The molecule has 0 spiro atoms. The maximum Gasteiger partial charge on any atom is 0.253 e. The number of piperidine rings is 1. The minimum absolute atomic E-state index is 0. The summed E-state index contributed by atoms with van der Waals surface area (Å²) in [7, 11) is -0.289. The van der Waals surface area contributed by atoms with Gasteiger partial charge in [-0.1, -0.05) is 6.07 Å². The van der Waals surface area contributed by atoms with Gasteiger partial charge in [0.15, 0.2) is 0 Å². The summed E-state index contributed by atoms with van der Waals surface area (Å²) in [5, 5.41) is 0. The highest BCUT2D eigenvalue weighted by Gasteiger charge is 2.30. The van der Waals surface area contributed by atoms with Crippen LogP contribution < -0.4 is 5.73 Å². The van der Waals surface area contributed by atoms with Crippen molar-refractivity contribution in [1.82, 2.24) is 9.21 Å². The van der Waals surface area contributed by atoms with Gasteiger partial charge in [0, 0.05) is 38.8 Å². The Kier molecular flexibility index (Phi) is 7.22. The number of nitrogens with two attached hydrogens (primary N) is 1. The number of benzene rings is 1. The van der Waals surface area contributed by atoms with Crippen LogP contribution in [-0.2, 0) is 10.0 Å². The second kappa shape index (κ2) is 8.29. The van der Waals surface area contributed by atoms with Gasteiger partial charge in [-0.25, -0.2) is 8.42 Å². The number of hydrogen-bond donors (Lipinski definition) is 1. The molecule has 136 valence electrons. The molecule has 2 N–H and O–H groups in total. The van der Waals surface area contributed by atoms with Crippen molar-refractivity contribution in [2.45, 2.75) is 30.7 Å². The summed E-state index contributed by atoms with van der Waals surface area (Å²) in [5.74, 6) is 0.154. The first-order chi connectivity index (χ1) is 10.7. The van der Waals surface area contributed by atoms with Gasteiger partial charge in [0.2, 0.25) is 10.0 Å². The van der Waals surface area contributed by atoms with E-state index in [9.17, 15) is 13.2 Å². The number of halogens is 1. The number of nitrogens with zero attached hydrogens (tertiary/aromatic N) is 2. The lowest BCUT2D eigenvalue weighted by Gasteiger charge is -2.33. The largest absolute Gasteiger partial charge is 0.345 e. The molecule has 0 bridgehead atoms.